The number of hydrogen-bond acceptors (Lipinski definition) is 3. The van der Waals surface area contributed by atoms with Gasteiger partial charge in [0.05, 0.1) is 0 Å². The van der Waals surface area contributed by atoms with Crippen molar-refractivity contribution in [1.82, 2.24) is 15.2 Å². The Kier molecular flexibility index (Phi) is 5.77. The summed E-state index contributed by atoms with van der Waals surface area (Å²) in [5.74, 6) is -0.0719. The maximum absolute atomic E-state index is 12.9. The van der Waals surface area contributed by atoms with E-state index >= 15 is 0 Å². The van der Waals surface area contributed by atoms with Crippen LogP contribution in [0.4, 0.5) is 0 Å². The summed E-state index contributed by atoms with van der Waals surface area (Å²) in [5, 5.41) is 2.97. The van der Waals surface area contributed by atoms with E-state index in [0.29, 0.717) is 25.9 Å². The molecule has 0 aliphatic carbocycles. The predicted molar refractivity (Wildman–Crippen MR) is 95.7 cm³/mol. The van der Waals surface area contributed by atoms with Gasteiger partial charge in [0.2, 0.25) is 11.8 Å². The van der Waals surface area contributed by atoms with Crippen LogP contribution in [-0.4, -0.2) is 34.8 Å². The number of likely N-dealkylation sites (tertiary alicyclic amines) is 1. The zero-order chi connectivity index (χ0) is 17.5. The minimum atomic E-state index is -0.558. The Morgan fingerprint density at radius 3 is 2.64 bits per heavy atom. The van der Waals surface area contributed by atoms with Gasteiger partial charge in [-0.2, -0.15) is 0 Å². The molecule has 0 bridgehead atoms. The van der Waals surface area contributed by atoms with Crippen LogP contribution in [0.3, 0.4) is 0 Å². The zero-order valence-electron chi connectivity index (χ0n) is 14.2. The SMILES string of the molecule is O=C(NCCc1ccccn1)[C@H](c1ccccc1)N1CCCCC1=O. The van der Waals surface area contributed by atoms with E-state index in [4.69, 9.17) is 0 Å². The molecule has 1 atom stereocenters. The summed E-state index contributed by atoms with van der Waals surface area (Å²) < 4.78 is 0. The standard InChI is InChI=1S/C20H23N3O2/c24-18-11-5-7-15-23(18)19(16-8-2-1-3-9-16)20(25)22-14-12-17-10-4-6-13-21-17/h1-4,6,8-10,13,19H,5,7,11-12,14-15H2,(H,22,25)/t19-/m0/s1. The second-order valence-corrected chi connectivity index (χ2v) is 6.22. The Hall–Kier alpha value is -2.69. The second kappa shape index (κ2) is 8.42. The van der Waals surface area contributed by atoms with Crippen LogP contribution in [0.2, 0.25) is 0 Å². The second-order valence-electron chi connectivity index (χ2n) is 6.22. The first kappa shape index (κ1) is 17.1. The maximum Gasteiger partial charge on any atom is 0.247 e. The number of nitrogens with one attached hydrogen (secondary N) is 1. The van der Waals surface area contributed by atoms with Crippen LogP contribution in [0.25, 0.3) is 0 Å². The van der Waals surface area contributed by atoms with Gasteiger partial charge in [-0.15, -0.1) is 0 Å². The van der Waals surface area contributed by atoms with E-state index in [1.807, 2.05) is 48.5 Å². The van der Waals surface area contributed by atoms with Gasteiger partial charge in [0.15, 0.2) is 0 Å². The Labute approximate surface area is 148 Å². The quantitative estimate of drug-likeness (QED) is 0.881. The summed E-state index contributed by atoms with van der Waals surface area (Å²) in [6, 6.07) is 14.7. The molecule has 2 amide bonds. The van der Waals surface area contributed by atoms with Gasteiger partial charge in [0, 0.05) is 37.8 Å². The first-order valence-corrected chi connectivity index (χ1v) is 8.78. The fourth-order valence-electron chi connectivity index (χ4n) is 3.16. The molecule has 0 saturated carbocycles. The van der Waals surface area contributed by atoms with Crippen molar-refractivity contribution in [3.8, 4) is 0 Å². The molecule has 1 saturated heterocycles. The van der Waals surface area contributed by atoms with Crippen molar-refractivity contribution in [2.45, 2.75) is 31.7 Å². The van der Waals surface area contributed by atoms with Crippen molar-refractivity contribution in [3.63, 3.8) is 0 Å². The molecule has 25 heavy (non-hydrogen) atoms. The first-order valence-electron chi connectivity index (χ1n) is 8.78. The lowest BCUT2D eigenvalue weighted by Gasteiger charge is -2.34. The molecule has 5 nitrogen and oxygen atoms in total. The lowest BCUT2D eigenvalue weighted by Crippen LogP contribution is -2.46. The van der Waals surface area contributed by atoms with Crippen LogP contribution in [-0.2, 0) is 16.0 Å². The maximum atomic E-state index is 12.9. The number of rotatable bonds is 6. The van der Waals surface area contributed by atoms with Crippen LogP contribution in [0.5, 0.6) is 0 Å². The summed E-state index contributed by atoms with van der Waals surface area (Å²) in [6.07, 6.45) is 4.78. The molecule has 2 aromatic rings. The highest BCUT2D eigenvalue weighted by Crippen LogP contribution is 2.25. The highest BCUT2D eigenvalue weighted by atomic mass is 16.2. The number of aromatic nitrogens is 1. The Balaban J connectivity index is 1.70. The van der Waals surface area contributed by atoms with Crippen LogP contribution < -0.4 is 5.32 Å². The number of carbonyl (C=O) groups is 2. The van der Waals surface area contributed by atoms with Gasteiger partial charge < -0.3 is 10.2 Å². The van der Waals surface area contributed by atoms with Crippen molar-refractivity contribution in [2.24, 2.45) is 0 Å². The van der Waals surface area contributed by atoms with Crippen molar-refractivity contribution >= 4 is 11.8 Å². The molecular weight excluding hydrogens is 314 g/mol. The molecular formula is C20H23N3O2. The number of carbonyl (C=O) groups excluding carboxylic acids is 2. The molecule has 0 radical (unpaired) electrons. The molecule has 1 aliphatic rings. The van der Waals surface area contributed by atoms with Crippen LogP contribution in [0, 0.1) is 0 Å². The molecule has 2 heterocycles. The van der Waals surface area contributed by atoms with Gasteiger partial charge in [-0.1, -0.05) is 36.4 Å². The fraction of sp³-hybridized carbons (Fsp3) is 0.350. The number of hydrogen-bond donors (Lipinski definition) is 1. The number of piperidine rings is 1. The third kappa shape index (κ3) is 4.44. The van der Waals surface area contributed by atoms with E-state index in [2.05, 4.69) is 10.3 Å². The first-order chi connectivity index (χ1) is 12.3. The smallest absolute Gasteiger partial charge is 0.247 e. The number of amides is 2. The van der Waals surface area contributed by atoms with E-state index in [-0.39, 0.29) is 11.8 Å². The molecule has 0 spiro atoms. The van der Waals surface area contributed by atoms with E-state index in [1.165, 1.54) is 0 Å². The molecule has 1 aromatic heterocycles. The van der Waals surface area contributed by atoms with Gasteiger partial charge in [-0.3, -0.25) is 14.6 Å². The minimum Gasteiger partial charge on any atom is -0.354 e. The normalized spacial score (nSPS) is 15.7. The molecule has 130 valence electrons. The van der Waals surface area contributed by atoms with E-state index < -0.39 is 6.04 Å². The third-order valence-electron chi connectivity index (χ3n) is 4.44. The predicted octanol–water partition coefficient (Wildman–Crippen LogP) is 2.49. The van der Waals surface area contributed by atoms with Gasteiger partial charge in [0.1, 0.15) is 6.04 Å². The van der Waals surface area contributed by atoms with Crippen LogP contribution >= 0.6 is 0 Å². The fourth-order valence-corrected chi connectivity index (χ4v) is 3.16. The van der Waals surface area contributed by atoms with Crippen LogP contribution in [0.1, 0.15) is 36.6 Å². The molecule has 0 unspecified atom stereocenters. The molecule has 1 N–H and O–H groups in total. The Morgan fingerprint density at radius 2 is 1.92 bits per heavy atom. The lowest BCUT2D eigenvalue weighted by atomic mass is 10.0. The molecule has 5 heteroatoms. The van der Waals surface area contributed by atoms with Crippen LogP contribution in [0.15, 0.2) is 54.7 Å². The highest BCUT2D eigenvalue weighted by Gasteiger charge is 2.32. The molecule has 1 fully saturated rings. The monoisotopic (exact) mass is 337 g/mol. The van der Waals surface area contributed by atoms with Gasteiger partial charge in [-0.25, -0.2) is 0 Å². The molecule has 3 rings (SSSR count). The highest BCUT2D eigenvalue weighted by molar-refractivity contribution is 5.89. The summed E-state index contributed by atoms with van der Waals surface area (Å²) >= 11 is 0. The average molecular weight is 337 g/mol. The number of pyridine rings is 1. The molecule has 1 aromatic carbocycles. The van der Waals surface area contributed by atoms with Gasteiger partial charge >= 0.3 is 0 Å². The van der Waals surface area contributed by atoms with Crippen molar-refractivity contribution < 1.29 is 9.59 Å². The largest absolute Gasteiger partial charge is 0.354 e. The summed E-state index contributed by atoms with van der Waals surface area (Å²) in [7, 11) is 0. The summed E-state index contributed by atoms with van der Waals surface area (Å²) in [6.45, 7) is 1.13. The van der Waals surface area contributed by atoms with Crippen molar-refractivity contribution in [2.75, 3.05) is 13.1 Å². The van der Waals surface area contributed by atoms with Gasteiger partial charge in [-0.05, 0) is 30.5 Å². The number of nitrogens with zero attached hydrogens (tertiary/aromatic N) is 2. The Bertz CT molecular complexity index is 703. The molecule has 1 aliphatic heterocycles. The van der Waals surface area contributed by atoms with Gasteiger partial charge in [0.25, 0.3) is 0 Å². The van der Waals surface area contributed by atoms with Crippen molar-refractivity contribution in [1.29, 1.82) is 0 Å². The van der Waals surface area contributed by atoms with E-state index in [9.17, 15) is 9.59 Å². The lowest BCUT2D eigenvalue weighted by molar-refractivity contribution is -0.142. The minimum absolute atomic E-state index is 0.0555. The third-order valence-corrected chi connectivity index (χ3v) is 4.44. The summed E-state index contributed by atoms with van der Waals surface area (Å²) in [5.41, 5.74) is 1.79. The zero-order valence-corrected chi connectivity index (χ0v) is 14.2. The topological polar surface area (TPSA) is 62.3 Å². The van der Waals surface area contributed by atoms with E-state index in [0.717, 1.165) is 24.1 Å². The van der Waals surface area contributed by atoms with E-state index in [1.54, 1.807) is 11.1 Å². The summed E-state index contributed by atoms with van der Waals surface area (Å²) in [4.78, 5) is 31.2. The average Bonchev–Trinajstić information content (AvgIpc) is 2.65. The number of benzene rings is 1. The Morgan fingerprint density at radius 1 is 1.12 bits per heavy atom. The van der Waals surface area contributed by atoms with Crippen molar-refractivity contribution in [3.05, 3.63) is 66.0 Å².